The maximum Gasteiger partial charge on any atom is 0.281 e. The maximum atomic E-state index is 12.6. The Balaban J connectivity index is 1.19. The summed E-state index contributed by atoms with van der Waals surface area (Å²) < 4.78 is 0. The monoisotopic (exact) mass is 530 g/mol. The Bertz CT molecular complexity index is 1470. The average molecular weight is 531 g/mol. The van der Waals surface area contributed by atoms with Crippen LogP contribution in [0.1, 0.15) is 54.9 Å². The number of amides is 2. The molecule has 188 valence electrons. The molecule has 37 heavy (non-hydrogen) atoms. The Morgan fingerprint density at radius 1 is 1.03 bits per heavy atom. The molecule has 2 amide bonds. The van der Waals surface area contributed by atoms with Crippen LogP contribution in [0.25, 0.3) is 10.4 Å². The summed E-state index contributed by atoms with van der Waals surface area (Å²) in [4.78, 5) is 30.7. The van der Waals surface area contributed by atoms with E-state index in [1.807, 2.05) is 17.5 Å². The van der Waals surface area contributed by atoms with Gasteiger partial charge in [0, 0.05) is 24.3 Å². The molecule has 0 spiro atoms. The van der Waals surface area contributed by atoms with Gasteiger partial charge in [-0.2, -0.15) is 5.10 Å². The number of nitrogens with one attached hydrogen (secondary N) is 2. The number of hydrazone groups is 1. The van der Waals surface area contributed by atoms with Gasteiger partial charge in [0.05, 0.1) is 25.9 Å². The van der Waals surface area contributed by atoms with Crippen LogP contribution in [0.5, 0.6) is 5.75 Å². The van der Waals surface area contributed by atoms with E-state index in [-0.39, 0.29) is 11.7 Å². The lowest BCUT2D eigenvalue weighted by molar-refractivity contribution is 0.0951. The lowest BCUT2D eigenvalue weighted by Crippen LogP contribution is -2.24. The molecule has 0 saturated heterocycles. The van der Waals surface area contributed by atoms with E-state index in [9.17, 15) is 14.7 Å². The fourth-order valence-electron chi connectivity index (χ4n) is 4.32. The van der Waals surface area contributed by atoms with Gasteiger partial charge in [-0.15, -0.1) is 22.7 Å². The normalized spacial score (nSPS) is 12.8. The van der Waals surface area contributed by atoms with Crippen LogP contribution < -0.4 is 10.7 Å². The van der Waals surface area contributed by atoms with Crippen molar-refractivity contribution in [2.24, 2.45) is 5.10 Å². The molecule has 3 N–H and O–H groups in total. The van der Waals surface area contributed by atoms with E-state index in [0.717, 1.165) is 40.2 Å². The van der Waals surface area contributed by atoms with E-state index in [2.05, 4.69) is 39.0 Å². The number of benzene rings is 1. The predicted molar refractivity (Wildman–Crippen MR) is 148 cm³/mol. The second kappa shape index (κ2) is 11.1. The minimum absolute atomic E-state index is 0.167. The number of fused-ring (bicyclic) bond motifs is 1. The highest BCUT2D eigenvalue weighted by atomic mass is 32.1. The summed E-state index contributed by atoms with van der Waals surface area (Å²) in [6, 6.07) is 13.4. The number of nitrogens with zero attached hydrogens (tertiary/aromatic N) is 2. The standard InChI is InChI=1S/C28H26N4O3S2/c1-17(22-16-36-26(25(22)33)21-6-5-19-3-2-4-20(19)15-21)31-32-28(35)24-8-7-23(37-24)27(34)30-14-11-18-9-12-29-13-10-18/h5-10,12-13,15-16,33H,2-4,11,14H2,1H3,(H,30,34)(H,32,35)/b31-17+. The Morgan fingerprint density at radius 2 is 1.78 bits per heavy atom. The van der Waals surface area contributed by atoms with Gasteiger partial charge in [0.1, 0.15) is 5.75 Å². The topological polar surface area (TPSA) is 104 Å². The van der Waals surface area contributed by atoms with E-state index in [4.69, 9.17) is 0 Å². The second-order valence-electron chi connectivity index (χ2n) is 8.83. The van der Waals surface area contributed by atoms with Crippen molar-refractivity contribution in [3.8, 4) is 16.2 Å². The van der Waals surface area contributed by atoms with Gasteiger partial charge >= 0.3 is 0 Å². The Hall–Kier alpha value is -3.82. The number of hydrogen-bond acceptors (Lipinski definition) is 7. The third-order valence-corrected chi connectivity index (χ3v) is 8.44. The molecule has 7 nitrogen and oxygen atoms in total. The first kappa shape index (κ1) is 24.9. The maximum absolute atomic E-state index is 12.6. The quantitative estimate of drug-likeness (QED) is 0.215. The summed E-state index contributed by atoms with van der Waals surface area (Å²) >= 11 is 2.56. The van der Waals surface area contributed by atoms with Crippen LogP contribution in [0.2, 0.25) is 0 Å². The minimum Gasteiger partial charge on any atom is -0.506 e. The third kappa shape index (κ3) is 5.63. The molecule has 0 radical (unpaired) electrons. The number of rotatable bonds is 8. The number of pyridine rings is 1. The summed E-state index contributed by atoms with van der Waals surface area (Å²) in [5.74, 6) is -0.464. The summed E-state index contributed by atoms with van der Waals surface area (Å²) in [7, 11) is 0. The first-order valence-corrected chi connectivity index (χ1v) is 13.7. The molecule has 0 bridgehead atoms. The highest BCUT2D eigenvalue weighted by Crippen LogP contribution is 2.40. The number of carbonyl (C=O) groups is 2. The molecule has 1 aliphatic carbocycles. The number of carbonyl (C=O) groups excluding carboxylic acids is 2. The van der Waals surface area contributed by atoms with Gasteiger partial charge in [-0.25, -0.2) is 5.43 Å². The van der Waals surface area contributed by atoms with Crippen molar-refractivity contribution in [1.29, 1.82) is 0 Å². The Kier molecular flexibility index (Phi) is 7.43. The van der Waals surface area contributed by atoms with E-state index in [0.29, 0.717) is 34.0 Å². The summed E-state index contributed by atoms with van der Waals surface area (Å²) in [5, 5.41) is 19.8. The molecule has 1 aromatic carbocycles. The molecule has 9 heteroatoms. The Morgan fingerprint density at radius 3 is 2.59 bits per heavy atom. The summed E-state index contributed by atoms with van der Waals surface area (Å²) in [6.07, 6.45) is 7.51. The number of aromatic hydroxyl groups is 1. The first-order chi connectivity index (χ1) is 18.0. The molecule has 0 aliphatic heterocycles. The van der Waals surface area contributed by atoms with Gasteiger partial charge < -0.3 is 10.4 Å². The van der Waals surface area contributed by atoms with Gasteiger partial charge in [0.25, 0.3) is 11.8 Å². The van der Waals surface area contributed by atoms with Crippen LogP contribution in [0, 0.1) is 0 Å². The molecule has 0 atom stereocenters. The van der Waals surface area contributed by atoms with E-state index >= 15 is 0 Å². The van der Waals surface area contributed by atoms with Crippen molar-refractivity contribution in [3.05, 3.63) is 92.2 Å². The molecular formula is C28H26N4O3S2. The fraction of sp³-hybridized carbons (Fsp3) is 0.214. The van der Waals surface area contributed by atoms with Crippen molar-refractivity contribution in [2.45, 2.75) is 32.6 Å². The van der Waals surface area contributed by atoms with Crippen LogP contribution in [0.15, 0.2) is 65.3 Å². The van der Waals surface area contributed by atoms with Crippen LogP contribution >= 0.6 is 22.7 Å². The van der Waals surface area contributed by atoms with Crippen LogP contribution in [-0.4, -0.2) is 34.2 Å². The third-order valence-electron chi connectivity index (χ3n) is 6.34. The van der Waals surface area contributed by atoms with Crippen molar-refractivity contribution < 1.29 is 14.7 Å². The van der Waals surface area contributed by atoms with E-state index < -0.39 is 5.91 Å². The summed E-state index contributed by atoms with van der Waals surface area (Å²) in [5.41, 5.74) is 8.45. The van der Waals surface area contributed by atoms with Crippen molar-refractivity contribution in [2.75, 3.05) is 6.54 Å². The van der Waals surface area contributed by atoms with Crippen LogP contribution in [0.4, 0.5) is 0 Å². The van der Waals surface area contributed by atoms with Crippen LogP contribution in [0.3, 0.4) is 0 Å². The van der Waals surface area contributed by atoms with E-state index in [1.54, 1.807) is 31.5 Å². The minimum atomic E-state index is -0.409. The SMILES string of the molecule is C/C(=N\NC(=O)c1ccc(C(=O)NCCc2ccncc2)s1)c1csc(-c2ccc3c(c2)CCC3)c1O. The zero-order chi connectivity index (χ0) is 25.8. The predicted octanol–water partition coefficient (Wildman–Crippen LogP) is 5.19. The van der Waals surface area contributed by atoms with Crippen molar-refractivity contribution in [1.82, 2.24) is 15.7 Å². The van der Waals surface area contributed by atoms with Gasteiger partial charge in [-0.3, -0.25) is 14.6 Å². The zero-order valence-corrected chi connectivity index (χ0v) is 21.9. The molecule has 4 aromatic rings. The average Bonchev–Trinajstić information content (AvgIpc) is 3.67. The largest absolute Gasteiger partial charge is 0.506 e. The van der Waals surface area contributed by atoms with Gasteiger partial charge in [0.2, 0.25) is 0 Å². The van der Waals surface area contributed by atoms with E-state index in [1.165, 1.54) is 28.9 Å². The second-order valence-corrected chi connectivity index (χ2v) is 10.8. The molecule has 1 aliphatic rings. The molecule has 3 heterocycles. The number of thiophene rings is 2. The number of aromatic nitrogens is 1. The molecule has 0 unspecified atom stereocenters. The Labute approximate surface area is 222 Å². The molecular weight excluding hydrogens is 504 g/mol. The smallest absolute Gasteiger partial charge is 0.281 e. The van der Waals surface area contributed by atoms with Crippen molar-refractivity contribution >= 4 is 40.2 Å². The summed E-state index contributed by atoms with van der Waals surface area (Å²) in [6.45, 7) is 2.23. The molecule has 3 aromatic heterocycles. The highest BCUT2D eigenvalue weighted by molar-refractivity contribution is 7.16. The van der Waals surface area contributed by atoms with Gasteiger partial charge in [-0.05, 0) is 85.2 Å². The van der Waals surface area contributed by atoms with Gasteiger partial charge in [-0.1, -0.05) is 12.1 Å². The highest BCUT2D eigenvalue weighted by Gasteiger charge is 2.18. The lowest BCUT2D eigenvalue weighted by Gasteiger charge is -2.05. The molecule has 0 fully saturated rings. The molecule has 5 rings (SSSR count). The zero-order valence-electron chi connectivity index (χ0n) is 20.3. The molecule has 0 saturated carbocycles. The van der Waals surface area contributed by atoms with Gasteiger partial charge in [0.15, 0.2) is 0 Å². The van der Waals surface area contributed by atoms with Crippen molar-refractivity contribution in [3.63, 3.8) is 0 Å². The van der Waals surface area contributed by atoms with Crippen LogP contribution in [-0.2, 0) is 19.3 Å². The fourth-order valence-corrected chi connectivity index (χ4v) is 6.13. The first-order valence-electron chi connectivity index (χ1n) is 12.0. The lowest BCUT2D eigenvalue weighted by atomic mass is 10.0. The number of hydrogen-bond donors (Lipinski definition) is 3. The number of aryl methyl sites for hydroxylation is 2.